The molecule has 0 atom stereocenters. The lowest BCUT2D eigenvalue weighted by Gasteiger charge is -2.09. The number of anilines is 2. The molecule has 21 heavy (non-hydrogen) atoms. The molecule has 112 valence electrons. The van der Waals surface area contributed by atoms with Crippen molar-refractivity contribution in [3.63, 3.8) is 0 Å². The summed E-state index contributed by atoms with van der Waals surface area (Å²) in [5, 5.41) is 9.05. The van der Waals surface area contributed by atoms with Crippen molar-refractivity contribution in [2.45, 2.75) is 13.8 Å². The second-order valence-corrected chi connectivity index (χ2v) is 4.38. The summed E-state index contributed by atoms with van der Waals surface area (Å²) in [4.78, 5) is 20.2. The van der Waals surface area contributed by atoms with Gasteiger partial charge in [0.15, 0.2) is 5.76 Å². The number of nitrogens with one attached hydrogen (secondary N) is 3. The Balaban J connectivity index is 1.79. The van der Waals surface area contributed by atoms with E-state index in [1.165, 1.54) is 6.26 Å². The van der Waals surface area contributed by atoms with E-state index in [0.717, 1.165) is 18.2 Å². The molecule has 0 aliphatic rings. The summed E-state index contributed by atoms with van der Waals surface area (Å²) in [5.74, 6) is 2.28. The van der Waals surface area contributed by atoms with Crippen molar-refractivity contribution in [1.82, 2.24) is 15.3 Å². The van der Waals surface area contributed by atoms with Crippen LogP contribution in [0.15, 0.2) is 28.9 Å². The maximum Gasteiger partial charge on any atom is 0.287 e. The summed E-state index contributed by atoms with van der Waals surface area (Å²) in [6.45, 7) is 5.68. The fourth-order valence-corrected chi connectivity index (χ4v) is 1.79. The first-order chi connectivity index (χ1) is 10.2. The molecule has 0 spiro atoms. The number of furan rings is 1. The molecule has 2 aromatic rings. The smallest absolute Gasteiger partial charge is 0.287 e. The van der Waals surface area contributed by atoms with Gasteiger partial charge in [-0.25, -0.2) is 9.97 Å². The molecule has 1 amide bonds. The largest absolute Gasteiger partial charge is 0.459 e. The third kappa shape index (κ3) is 4.48. The number of aryl methyl sites for hydroxylation is 1. The van der Waals surface area contributed by atoms with Gasteiger partial charge in [-0.05, 0) is 26.0 Å². The molecular weight excluding hydrogens is 270 g/mol. The van der Waals surface area contributed by atoms with Crippen LogP contribution in [-0.2, 0) is 0 Å². The predicted octanol–water partition coefficient (Wildman–Crippen LogP) is 1.65. The van der Waals surface area contributed by atoms with Gasteiger partial charge in [-0.1, -0.05) is 0 Å². The monoisotopic (exact) mass is 289 g/mol. The summed E-state index contributed by atoms with van der Waals surface area (Å²) in [6, 6.07) is 5.14. The van der Waals surface area contributed by atoms with Gasteiger partial charge in [-0.15, -0.1) is 0 Å². The lowest BCUT2D eigenvalue weighted by Crippen LogP contribution is -2.28. The van der Waals surface area contributed by atoms with E-state index >= 15 is 0 Å². The highest BCUT2D eigenvalue weighted by Gasteiger charge is 2.07. The quantitative estimate of drug-likeness (QED) is 0.671. The normalized spacial score (nSPS) is 10.2. The van der Waals surface area contributed by atoms with Gasteiger partial charge in [-0.2, -0.15) is 0 Å². The van der Waals surface area contributed by atoms with Crippen LogP contribution in [0.25, 0.3) is 0 Å². The summed E-state index contributed by atoms with van der Waals surface area (Å²) in [7, 11) is 0. The minimum atomic E-state index is -0.228. The van der Waals surface area contributed by atoms with Gasteiger partial charge in [0, 0.05) is 25.7 Å². The lowest BCUT2D eigenvalue weighted by atomic mass is 10.4. The van der Waals surface area contributed by atoms with Crippen molar-refractivity contribution >= 4 is 17.5 Å². The molecule has 0 fully saturated rings. The number of hydrogen-bond donors (Lipinski definition) is 3. The van der Waals surface area contributed by atoms with E-state index in [2.05, 4.69) is 25.9 Å². The fraction of sp³-hybridized carbons (Fsp3) is 0.357. The van der Waals surface area contributed by atoms with Gasteiger partial charge < -0.3 is 20.4 Å². The highest BCUT2D eigenvalue weighted by atomic mass is 16.3. The van der Waals surface area contributed by atoms with Gasteiger partial charge in [0.1, 0.15) is 17.5 Å². The van der Waals surface area contributed by atoms with Crippen molar-refractivity contribution in [2.24, 2.45) is 0 Å². The molecule has 0 unspecified atom stereocenters. The Labute approximate surface area is 123 Å². The summed E-state index contributed by atoms with van der Waals surface area (Å²) in [6.07, 6.45) is 1.47. The summed E-state index contributed by atoms with van der Waals surface area (Å²) in [5.41, 5.74) is 0. The van der Waals surface area contributed by atoms with Crippen molar-refractivity contribution < 1.29 is 9.21 Å². The van der Waals surface area contributed by atoms with Crippen molar-refractivity contribution in [3.05, 3.63) is 36.0 Å². The fourth-order valence-electron chi connectivity index (χ4n) is 1.79. The lowest BCUT2D eigenvalue weighted by molar-refractivity contribution is 0.0927. The second kappa shape index (κ2) is 7.28. The van der Waals surface area contributed by atoms with Crippen LogP contribution in [0.4, 0.5) is 11.6 Å². The van der Waals surface area contributed by atoms with Crippen LogP contribution >= 0.6 is 0 Å². The van der Waals surface area contributed by atoms with Gasteiger partial charge >= 0.3 is 0 Å². The first-order valence-electron chi connectivity index (χ1n) is 6.84. The summed E-state index contributed by atoms with van der Waals surface area (Å²) < 4.78 is 5.01. The Hall–Kier alpha value is -2.57. The van der Waals surface area contributed by atoms with E-state index in [4.69, 9.17) is 4.42 Å². The van der Waals surface area contributed by atoms with Crippen LogP contribution in [0.1, 0.15) is 23.3 Å². The van der Waals surface area contributed by atoms with Crippen LogP contribution in [0.2, 0.25) is 0 Å². The van der Waals surface area contributed by atoms with E-state index in [9.17, 15) is 4.79 Å². The molecule has 7 nitrogen and oxygen atoms in total. The number of hydrogen-bond acceptors (Lipinski definition) is 6. The minimum absolute atomic E-state index is 0.228. The molecule has 2 heterocycles. The topological polar surface area (TPSA) is 92.1 Å². The standard InChI is InChI=1S/C14H19N5O2/c1-3-15-12-9-13(19-10(2)18-12)16-6-7-17-14(20)11-5-4-8-21-11/h4-5,8-9H,3,6-7H2,1-2H3,(H,17,20)(H2,15,16,18,19). The van der Waals surface area contributed by atoms with Crippen molar-refractivity contribution in [1.29, 1.82) is 0 Å². The first kappa shape index (κ1) is 14.8. The Kier molecular flexibility index (Phi) is 5.14. The Bertz CT molecular complexity index is 583. The summed E-state index contributed by atoms with van der Waals surface area (Å²) >= 11 is 0. The number of amides is 1. The van der Waals surface area contributed by atoms with E-state index in [-0.39, 0.29) is 5.91 Å². The van der Waals surface area contributed by atoms with Crippen LogP contribution < -0.4 is 16.0 Å². The van der Waals surface area contributed by atoms with Gasteiger partial charge in [0.05, 0.1) is 6.26 Å². The van der Waals surface area contributed by atoms with Gasteiger partial charge in [0.25, 0.3) is 5.91 Å². The first-order valence-corrected chi connectivity index (χ1v) is 6.84. The van der Waals surface area contributed by atoms with E-state index < -0.39 is 0 Å². The maximum absolute atomic E-state index is 11.6. The Morgan fingerprint density at radius 3 is 2.67 bits per heavy atom. The third-order valence-corrected chi connectivity index (χ3v) is 2.66. The van der Waals surface area contributed by atoms with Gasteiger partial charge in [0.2, 0.25) is 0 Å². The average Bonchev–Trinajstić information content (AvgIpc) is 2.97. The molecule has 0 radical (unpaired) electrons. The van der Waals surface area contributed by atoms with E-state index in [1.54, 1.807) is 12.1 Å². The average molecular weight is 289 g/mol. The van der Waals surface area contributed by atoms with Crippen LogP contribution in [0.5, 0.6) is 0 Å². The molecule has 7 heteroatoms. The second-order valence-electron chi connectivity index (χ2n) is 4.38. The zero-order valence-electron chi connectivity index (χ0n) is 12.1. The van der Waals surface area contributed by atoms with E-state index in [1.807, 2.05) is 19.9 Å². The molecule has 0 bridgehead atoms. The Morgan fingerprint density at radius 2 is 2.00 bits per heavy atom. The molecule has 3 N–H and O–H groups in total. The van der Waals surface area contributed by atoms with Gasteiger partial charge in [-0.3, -0.25) is 4.79 Å². The van der Waals surface area contributed by atoms with Crippen LogP contribution in [0, 0.1) is 6.92 Å². The molecule has 0 aromatic carbocycles. The zero-order chi connectivity index (χ0) is 15.1. The zero-order valence-corrected chi connectivity index (χ0v) is 12.1. The molecule has 0 aliphatic carbocycles. The number of nitrogens with zero attached hydrogens (tertiary/aromatic N) is 2. The number of carbonyl (C=O) groups excluding carboxylic acids is 1. The predicted molar refractivity (Wildman–Crippen MR) is 80.5 cm³/mol. The molecular formula is C14H19N5O2. The van der Waals surface area contributed by atoms with Crippen molar-refractivity contribution in [3.8, 4) is 0 Å². The Morgan fingerprint density at radius 1 is 1.24 bits per heavy atom. The highest BCUT2D eigenvalue weighted by molar-refractivity contribution is 5.91. The highest BCUT2D eigenvalue weighted by Crippen LogP contribution is 2.10. The van der Waals surface area contributed by atoms with E-state index in [0.29, 0.717) is 24.7 Å². The minimum Gasteiger partial charge on any atom is -0.459 e. The molecule has 2 rings (SSSR count). The molecule has 0 saturated heterocycles. The molecule has 0 aliphatic heterocycles. The van der Waals surface area contributed by atoms with Crippen LogP contribution in [0.3, 0.4) is 0 Å². The molecule has 0 saturated carbocycles. The number of rotatable bonds is 7. The SMILES string of the molecule is CCNc1cc(NCCNC(=O)c2ccco2)nc(C)n1. The number of aromatic nitrogens is 2. The number of carbonyl (C=O) groups is 1. The molecule has 2 aromatic heterocycles. The van der Waals surface area contributed by atoms with Crippen molar-refractivity contribution in [2.75, 3.05) is 30.3 Å². The maximum atomic E-state index is 11.6. The van der Waals surface area contributed by atoms with Crippen LogP contribution in [-0.4, -0.2) is 35.5 Å². The third-order valence-electron chi connectivity index (χ3n) is 2.66.